The SMILES string of the molecule is Cc1cnc(NCc2ccc(CN3CCNCC3)c(C(F)(F)F)c2)cc1Br. The molecule has 3 rings (SSSR count). The zero-order chi connectivity index (χ0) is 19.4. The van der Waals surface area contributed by atoms with Crippen molar-refractivity contribution in [2.75, 3.05) is 31.5 Å². The Labute approximate surface area is 165 Å². The lowest BCUT2D eigenvalue weighted by molar-refractivity contribution is -0.138. The van der Waals surface area contributed by atoms with Crippen LogP contribution in [0.2, 0.25) is 0 Å². The quantitative estimate of drug-likeness (QED) is 0.728. The number of rotatable bonds is 5. The van der Waals surface area contributed by atoms with Crippen molar-refractivity contribution in [3.63, 3.8) is 0 Å². The summed E-state index contributed by atoms with van der Waals surface area (Å²) in [6.45, 7) is 5.65. The van der Waals surface area contributed by atoms with Crippen molar-refractivity contribution >= 4 is 21.7 Å². The second-order valence-electron chi connectivity index (χ2n) is 6.69. The Bertz CT molecular complexity index is 789. The molecule has 0 radical (unpaired) electrons. The van der Waals surface area contributed by atoms with Crippen LogP contribution in [0.5, 0.6) is 0 Å². The van der Waals surface area contributed by atoms with Gasteiger partial charge in [-0.15, -0.1) is 0 Å². The Morgan fingerprint density at radius 2 is 1.96 bits per heavy atom. The number of hydrogen-bond acceptors (Lipinski definition) is 4. The molecule has 2 aromatic rings. The van der Waals surface area contributed by atoms with E-state index in [1.165, 1.54) is 6.07 Å². The minimum Gasteiger partial charge on any atom is -0.366 e. The molecular weight excluding hydrogens is 421 g/mol. The van der Waals surface area contributed by atoms with E-state index in [0.717, 1.165) is 36.2 Å². The summed E-state index contributed by atoms with van der Waals surface area (Å²) in [6.07, 6.45) is -2.66. The molecule has 2 N–H and O–H groups in total. The molecule has 1 aromatic heterocycles. The molecule has 0 aliphatic carbocycles. The first-order valence-corrected chi connectivity index (χ1v) is 9.60. The molecule has 1 fully saturated rings. The molecule has 1 aliphatic rings. The first-order chi connectivity index (χ1) is 12.8. The van der Waals surface area contributed by atoms with Crippen molar-refractivity contribution in [2.24, 2.45) is 0 Å². The predicted octanol–water partition coefficient (Wildman–Crippen LogP) is 4.19. The Kier molecular flexibility index (Phi) is 6.39. The maximum Gasteiger partial charge on any atom is 0.416 e. The molecule has 1 saturated heterocycles. The summed E-state index contributed by atoms with van der Waals surface area (Å²) >= 11 is 3.43. The first-order valence-electron chi connectivity index (χ1n) is 8.81. The highest BCUT2D eigenvalue weighted by atomic mass is 79.9. The fourth-order valence-corrected chi connectivity index (χ4v) is 3.35. The van der Waals surface area contributed by atoms with Gasteiger partial charge in [-0.05, 0) is 35.7 Å². The summed E-state index contributed by atoms with van der Waals surface area (Å²) in [5.41, 5.74) is 1.34. The Hall–Kier alpha value is -1.64. The van der Waals surface area contributed by atoms with Crippen molar-refractivity contribution in [3.05, 3.63) is 57.2 Å². The summed E-state index contributed by atoms with van der Waals surface area (Å²) in [7, 11) is 0. The highest BCUT2D eigenvalue weighted by Crippen LogP contribution is 2.33. The third-order valence-corrected chi connectivity index (χ3v) is 5.45. The maximum atomic E-state index is 13.6. The smallest absolute Gasteiger partial charge is 0.366 e. The standard InChI is InChI=1S/C19H22BrF3N4/c1-13-10-25-18(9-17(13)20)26-11-14-2-3-15(16(8-14)19(21,22)23)12-27-6-4-24-5-7-27/h2-3,8-10,24H,4-7,11-12H2,1H3,(H,25,26). The molecule has 2 heterocycles. The van der Waals surface area contributed by atoms with E-state index in [4.69, 9.17) is 0 Å². The average Bonchev–Trinajstić information content (AvgIpc) is 2.63. The zero-order valence-electron chi connectivity index (χ0n) is 15.0. The van der Waals surface area contributed by atoms with Crippen LogP contribution in [0.1, 0.15) is 22.3 Å². The fraction of sp³-hybridized carbons (Fsp3) is 0.421. The van der Waals surface area contributed by atoms with Crippen LogP contribution in [-0.2, 0) is 19.3 Å². The molecule has 0 unspecified atom stereocenters. The molecule has 1 aromatic carbocycles. The number of aryl methyl sites for hydroxylation is 1. The van der Waals surface area contributed by atoms with Gasteiger partial charge in [0.25, 0.3) is 0 Å². The predicted molar refractivity (Wildman–Crippen MR) is 104 cm³/mol. The van der Waals surface area contributed by atoms with Gasteiger partial charge in [-0.3, -0.25) is 4.90 Å². The van der Waals surface area contributed by atoms with Crippen LogP contribution in [0.4, 0.5) is 19.0 Å². The summed E-state index contributed by atoms with van der Waals surface area (Å²) in [4.78, 5) is 6.29. The van der Waals surface area contributed by atoms with E-state index in [-0.39, 0.29) is 6.54 Å². The van der Waals surface area contributed by atoms with Crippen molar-refractivity contribution in [3.8, 4) is 0 Å². The number of nitrogens with one attached hydrogen (secondary N) is 2. The second-order valence-corrected chi connectivity index (χ2v) is 7.54. The van der Waals surface area contributed by atoms with Crippen molar-refractivity contribution in [2.45, 2.75) is 26.2 Å². The van der Waals surface area contributed by atoms with Crippen LogP contribution in [-0.4, -0.2) is 36.1 Å². The molecule has 27 heavy (non-hydrogen) atoms. The number of hydrogen-bond donors (Lipinski definition) is 2. The largest absolute Gasteiger partial charge is 0.416 e. The third kappa shape index (κ3) is 5.43. The number of piperazine rings is 1. The first kappa shape index (κ1) is 20.1. The number of anilines is 1. The summed E-state index contributed by atoms with van der Waals surface area (Å²) < 4.78 is 41.6. The van der Waals surface area contributed by atoms with Crippen molar-refractivity contribution in [1.29, 1.82) is 0 Å². The van der Waals surface area contributed by atoms with Gasteiger partial charge in [-0.25, -0.2) is 4.98 Å². The van der Waals surface area contributed by atoms with E-state index in [9.17, 15) is 13.2 Å². The van der Waals surface area contributed by atoms with Crippen molar-refractivity contribution < 1.29 is 13.2 Å². The van der Waals surface area contributed by atoms with Crippen LogP contribution >= 0.6 is 15.9 Å². The van der Waals surface area contributed by atoms with Gasteiger partial charge in [-0.1, -0.05) is 28.1 Å². The third-order valence-electron chi connectivity index (χ3n) is 4.59. The highest BCUT2D eigenvalue weighted by molar-refractivity contribution is 9.10. The number of aromatic nitrogens is 1. The van der Waals surface area contributed by atoms with Gasteiger partial charge in [-0.2, -0.15) is 13.2 Å². The van der Waals surface area contributed by atoms with E-state index >= 15 is 0 Å². The lowest BCUT2D eigenvalue weighted by Crippen LogP contribution is -2.43. The summed E-state index contributed by atoms with van der Waals surface area (Å²) in [6, 6.07) is 6.41. The highest BCUT2D eigenvalue weighted by Gasteiger charge is 2.34. The van der Waals surface area contributed by atoms with Gasteiger partial charge < -0.3 is 10.6 Å². The van der Waals surface area contributed by atoms with Gasteiger partial charge in [0, 0.05) is 49.9 Å². The van der Waals surface area contributed by atoms with Gasteiger partial charge >= 0.3 is 6.18 Å². The number of alkyl halides is 3. The molecule has 0 amide bonds. The normalized spacial score (nSPS) is 15.7. The van der Waals surface area contributed by atoms with E-state index < -0.39 is 11.7 Å². The van der Waals surface area contributed by atoms with Gasteiger partial charge in [0.15, 0.2) is 0 Å². The fourth-order valence-electron chi connectivity index (χ4n) is 3.03. The molecule has 0 saturated carbocycles. The summed E-state index contributed by atoms with van der Waals surface area (Å²) in [5, 5.41) is 6.29. The number of pyridine rings is 1. The van der Waals surface area contributed by atoms with E-state index in [1.54, 1.807) is 18.3 Å². The molecule has 0 atom stereocenters. The zero-order valence-corrected chi connectivity index (χ0v) is 16.6. The topological polar surface area (TPSA) is 40.2 Å². The molecule has 0 spiro atoms. The lowest BCUT2D eigenvalue weighted by atomic mass is 10.0. The average molecular weight is 443 g/mol. The van der Waals surface area contributed by atoms with Crippen molar-refractivity contribution in [1.82, 2.24) is 15.2 Å². The van der Waals surface area contributed by atoms with E-state index in [2.05, 4.69) is 31.5 Å². The summed E-state index contributed by atoms with van der Waals surface area (Å²) in [5.74, 6) is 0.617. The van der Waals surface area contributed by atoms with Crippen LogP contribution in [0, 0.1) is 6.92 Å². The van der Waals surface area contributed by atoms with E-state index in [1.807, 2.05) is 17.9 Å². The van der Waals surface area contributed by atoms with Crippen LogP contribution in [0.3, 0.4) is 0 Å². The molecule has 146 valence electrons. The lowest BCUT2D eigenvalue weighted by Gasteiger charge is -2.28. The second kappa shape index (κ2) is 8.58. The van der Waals surface area contributed by atoms with Crippen LogP contribution in [0.25, 0.3) is 0 Å². The minimum absolute atomic E-state index is 0.277. The van der Waals surface area contributed by atoms with Crippen LogP contribution < -0.4 is 10.6 Å². The molecule has 4 nitrogen and oxygen atoms in total. The minimum atomic E-state index is -4.37. The number of benzene rings is 1. The van der Waals surface area contributed by atoms with Crippen LogP contribution in [0.15, 0.2) is 34.9 Å². The Morgan fingerprint density at radius 3 is 2.63 bits per heavy atom. The van der Waals surface area contributed by atoms with Gasteiger partial charge in [0.05, 0.1) is 5.56 Å². The molecular formula is C19H22BrF3N4. The monoisotopic (exact) mass is 442 g/mol. The van der Waals surface area contributed by atoms with E-state index in [0.29, 0.717) is 23.5 Å². The molecule has 8 heteroatoms. The Balaban J connectivity index is 1.75. The molecule has 0 bridgehead atoms. The maximum absolute atomic E-state index is 13.6. The molecule has 1 aliphatic heterocycles. The van der Waals surface area contributed by atoms with Gasteiger partial charge in [0.1, 0.15) is 5.82 Å². The number of nitrogens with zero attached hydrogens (tertiary/aromatic N) is 2. The Morgan fingerprint density at radius 1 is 1.22 bits per heavy atom. The number of halogens is 4. The van der Waals surface area contributed by atoms with Gasteiger partial charge in [0.2, 0.25) is 0 Å².